The molecule has 4 rings (SSSR count). The second-order valence-electron chi connectivity index (χ2n) is 7.62. The Kier molecular flexibility index (Phi) is 5.09. The van der Waals surface area contributed by atoms with Gasteiger partial charge in [0.2, 0.25) is 0 Å². The van der Waals surface area contributed by atoms with Crippen molar-refractivity contribution >= 4 is 40.4 Å². The fourth-order valence-corrected chi connectivity index (χ4v) is 4.30. The maximum Gasteiger partial charge on any atom is 0.272 e. The Labute approximate surface area is 186 Å². The van der Waals surface area contributed by atoms with Gasteiger partial charge in [-0.2, -0.15) is 10.4 Å². The molecule has 0 aliphatic heterocycles. The summed E-state index contributed by atoms with van der Waals surface area (Å²) in [5, 5.41) is 18.9. The average molecular weight is 464 g/mol. The Morgan fingerprint density at radius 2 is 2.03 bits per heavy atom. The summed E-state index contributed by atoms with van der Waals surface area (Å²) < 4.78 is 15.7. The molecular formula is C20H16Cl2FN5OS. The van der Waals surface area contributed by atoms with Crippen molar-refractivity contribution in [3.05, 3.63) is 51.2 Å². The number of hydrogen-bond acceptors (Lipinski definition) is 5. The van der Waals surface area contributed by atoms with Crippen molar-refractivity contribution in [3.8, 4) is 22.3 Å². The molecule has 3 aromatic rings. The number of aromatic nitrogens is 3. The van der Waals surface area contributed by atoms with Gasteiger partial charge in [-0.1, -0.05) is 23.2 Å². The van der Waals surface area contributed by atoms with Gasteiger partial charge in [-0.15, -0.1) is 11.3 Å². The first-order valence-corrected chi connectivity index (χ1v) is 10.7. The van der Waals surface area contributed by atoms with E-state index in [0.29, 0.717) is 34.7 Å². The molecule has 0 radical (unpaired) electrons. The van der Waals surface area contributed by atoms with Crippen LogP contribution in [0.1, 0.15) is 42.7 Å². The van der Waals surface area contributed by atoms with Gasteiger partial charge >= 0.3 is 0 Å². The third-order valence-corrected chi connectivity index (χ3v) is 6.28. The predicted molar refractivity (Wildman–Crippen MR) is 114 cm³/mol. The number of carbonyl (C=O) groups is 1. The molecule has 2 heterocycles. The minimum absolute atomic E-state index is 0.245. The van der Waals surface area contributed by atoms with Gasteiger partial charge in [0.1, 0.15) is 27.6 Å². The number of alkyl halides is 1. The number of carbonyl (C=O) groups excluding carboxylic acids is 1. The number of nitrogens with one attached hydrogen (secondary N) is 1. The molecular weight excluding hydrogens is 448 g/mol. The van der Waals surface area contributed by atoms with Crippen LogP contribution in [0.4, 0.5) is 4.39 Å². The summed E-state index contributed by atoms with van der Waals surface area (Å²) >= 11 is 14.0. The van der Waals surface area contributed by atoms with E-state index in [2.05, 4.69) is 21.5 Å². The van der Waals surface area contributed by atoms with Crippen LogP contribution in [0.5, 0.6) is 0 Å². The number of hydrogen-bond donors (Lipinski definition) is 1. The van der Waals surface area contributed by atoms with Crippen LogP contribution in [0.25, 0.3) is 16.3 Å². The maximum absolute atomic E-state index is 14.2. The lowest BCUT2D eigenvalue weighted by atomic mass is 10.00. The van der Waals surface area contributed by atoms with Crippen LogP contribution in [0.3, 0.4) is 0 Å². The van der Waals surface area contributed by atoms with Crippen molar-refractivity contribution in [2.45, 2.75) is 37.9 Å². The number of rotatable bonds is 5. The highest BCUT2D eigenvalue weighted by molar-refractivity contribution is 7.13. The molecule has 1 N–H and O–H groups in total. The lowest BCUT2D eigenvalue weighted by Gasteiger charge is -2.17. The smallest absolute Gasteiger partial charge is 0.272 e. The van der Waals surface area contributed by atoms with Crippen molar-refractivity contribution in [2.75, 3.05) is 0 Å². The molecule has 154 valence electrons. The van der Waals surface area contributed by atoms with Crippen molar-refractivity contribution in [2.24, 2.45) is 0 Å². The minimum atomic E-state index is -1.58. The largest absolute Gasteiger partial charge is 0.332 e. The molecule has 2 aromatic heterocycles. The summed E-state index contributed by atoms with van der Waals surface area (Å²) in [5.41, 5.74) is -0.618. The van der Waals surface area contributed by atoms with Crippen molar-refractivity contribution in [1.82, 2.24) is 20.1 Å². The van der Waals surface area contributed by atoms with Crippen LogP contribution in [0, 0.1) is 11.3 Å². The molecule has 1 fully saturated rings. The fourth-order valence-electron chi connectivity index (χ4n) is 2.86. The Morgan fingerprint density at radius 3 is 2.60 bits per heavy atom. The molecule has 10 heteroatoms. The second-order valence-corrected chi connectivity index (χ2v) is 9.29. The number of amides is 1. The van der Waals surface area contributed by atoms with Gasteiger partial charge in [0.25, 0.3) is 5.91 Å². The molecule has 0 spiro atoms. The lowest BCUT2D eigenvalue weighted by Crippen LogP contribution is -2.35. The minimum Gasteiger partial charge on any atom is -0.332 e. The normalized spacial score (nSPS) is 14.9. The highest BCUT2D eigenvalue weighted by Gasteiger charge is 2.45. The Hall–Kier alpha value is -2.47. The third-order valence-electron chi connectivity index (χ3n) is 4.82. The fraction of sp³-hybridized carbons (Fsp3) is 0.300. The Balaban J connectivity index is 1.59. The molecule has 1 saturated carbocycles. The number of thiazole rings is 1. The Bertz CT molecular complexity index is 1160. The molecule has 0 unspecified atom stereocenters. The molecule has 6 nitrogen and oxygen atoms in total. The van der Waals surface area contributed by atoms with E-state index in [0.717, 1.165) is 0 Å². The first-order chi connectivity index (χ1) is 14.1. The summed E-state index contributed by atoms with van der Waals surface area (Å²) in [6, 6.07) is 5.17. The number of benzene rings is 1. The molecule has 1 aromatic carbocycles. The summed E-state index contributed by atoms with van der Waals surface area (Å²) in [6.45, 7) is 2.86. The summed E-state index contributed by atoms with van der Waals surface area (Å²) in [5.74, 6) is -0.376. The average Bonchev–Trinajstić information content (AvgIpc) is 3.07. The van der Waals surface area contributed by atoms with E-state index >= 15 is 0 Å². The monoisotopic (exact) mass is 463 g/mol. The topological polar surface area (TPSA) is 83.6 Å². The van der Waals surface area contributed by atoms with Gasteiger partial charge in [-0.05, 0) is 44.4 Å². The molecule has 30 heavy (non-hydrogen) atoms. The predicted octanol–water partition coefficient (Wildman–Crippen LogP) is 5.29. The van der Waals surface area contributed by atoms with Crippen LogP contribution in [0.2, 0.25) is 10.0 Å². The molecule has 0 bridgehead atoms. The van der Waals surface area contributed by atoms with Crippen LogP contribution in [-0.2, 0) is 5.67 Å². The Morgan fingerprint density at radius 1 is 1.37 bits per heavy atom. The summed E-state index contributed by atoms with van der Waals surface area (Å²) in [7, 11) is 0. The quantitative estimate of drug-likeness (QED) is 0.556. The van der Waals surface area contributed by atoms with Crippen molar-refractivity contribution < 1.29 is 9.18 Å². The van der Waals surface area contributed by atoms with Gasteiger partial charge in [-0.25, -0.2) is 14.1 Å². The highest BCUT2D eigenvalue weighted by atomic mass is 35.5. The van der Waals surface area contributed by atoms with E-state index in [-0.39, 0.29) is 21.6 Å². The van der Waals surface area contributed by atoms with Gasteiger partial charge in [-0.3, -0.25) is 4.79 Å². The third kappa shape index (κ3) is 3.93. The van der Waals surface area contributed by atoms with E-state index in [1.54, 1.807) is 17.8 Å². The van der Waals surface area contributed by atoms with Gasteiger partial charge in [0, 0.05) is 17.1 Å². The van der Waals surface area contributed by atoms with E-state index in [1.807, 2.05) is 0 Å². The van der Waals surface area contributed by atoms with Gasteiger partial charge in [0.15, 0.2) is 0 Å². The van der Waals surface area contributed by atoms with Crippen molar-refractivity contribution in [3.63, 3.8) is 0 Å². The highest BCUT2D eigenvalue weighted by Crippen LogP contribution is 2.37. The van der Waals surface area contributed by atoms with Crippen molar-refractivity contribution in [1.29, 1.82) is 5.26 Å². The van der Waals surface area contributed by atoms with Gasteiger partial charge < -0.3 is 5.32 Å². The molecule has 1 aliphatic rings. The van der Waals surface area contributed by atoms with E-state index in [4.69, 9.17) is 28.5 Å². The zero-order valence-electron chi connectivity index (χ0n) is 16.0. The molecule has 1 aliphatic carbocycles. The molecule has 0 saturated heterocycles. The van der Waals surface area contributed by atoms with E-state index in [1.165, 1.54) is 42.0 Å². The zero-order valence-corrected chi connectivity index (χ0v) is 18.4. The number of nitrogens with zero attached hydrogens (tertiary/aromatic N) is 4. The standard InChI is InChI=1S/C20H16Cl2FN5OS/c1-19(2,23)12-5-13(21)16(14(22)6-12)28-8-11(7-25-28)18-26-15(9-30-18)17(29)27-20(10-24)3-4-20/h5-9H,3-4H2,1-2H3,(H,27,29). The first-order valence-electron chi connectivity index (χ1n) is 9.05. The van der Waals surface area contributed by atoms with E-state index in [9.17, 15) is 9.18 Å². The first kappa shape index (κ1) is 20.8. The molecule has 1 amide bonds. The zero-order chi connectivity index (χ0) is 21.7. The SMILES string of the molecule is CC(C)(F)c1cc(Cl)c(-n2cc(-c3nc(C(=O)NC4(C#N)CC4)cs3)cn2)c(Cl)c1. The van der Waals surface area contributed by atoms with E-state index < -0.39 is 11.2 Å². The molecule has 0 atom stereocenters. The number of halogens is 3. The lowest BCUT2D eigenvalue weighted by molar-refractivity contribution is 0.0937. The second kappa shape index (κ2) is 7.34. The summed E-state index contributed by atoms with van der Waals surface area (Å²) in [4.78, 5) is 16.7. The van der Waals surface area contributed by atoms with Crippen LogP contribution in [0.15, 0.2) is 29.9 Å². The number of nitriles is 1. The maximum atomic E-state index is 14.2. The van der Waals surface area contributed by atoms with Crippen LogP contribution >= 0.6 is 34.5 Å². The summed E-state index contributed by atoms with van der Waals surface area (Å²) in [6.07, 6.45) is 4.57. The van der Waals surface area contributed by atoms with Crippen LogP contribution < -0.4 is 5.32 Å². The van der Waals surface area contributed by atoms with Crippen LogP contribution in [-0.4, -0.2) is 26.2 Å². The van der Waals surface area contributed by atoms with Gasteiger partial charge in [0.05, 0.1) is 22.3 Å².